The van der Waals surface area contributed by atoms with Crippen LogP contribution >= 0.6 is 12.4 Å². The van der Waals surface area contributed by atoms with Crippen LogP contribution in [0.3, 0.4) is 0 Å². The molecule has 0 aromatic heterocycles. The van der Waals surface area contributed by atoms with Crippen molar-refractivity contribution in [3.05, 3.63) is 34.9 Å². The van der Waals surface area contributed by atoms with Gasteiger partial charge in [-0.15, -0.1) is 12.4 Å². The van der Waals surface area contributed by atoms with Crippen molar-refractivity contribution in [3.63, 3.8) is 0 Å². The standard InChI is InChI=1S/C17H22F6N2.ClH/c1-2-3-4-15(25-9-7-24-8-10-25)13-11-12(16(18,19)20)5-6-14(13)17(21,22)23;/h5-6,11,15,24H,2-4,7-10H2,1H3;1H/t15-;/m0./s1. The van der Waals surface area contributed by atoms with E-state index in [4.69, 9.17) is 0 Å². The van der Waals surface area contributed by atoms with Crippen molar-refractivity contribution in [3.8, 4) is 0 Å². The summed E-state index contributed by atoms with van der Waals surface area (Å²) in [6.07, 6.45) is -7.53. The van der Waals surface area contributed by atoms with Gasteiger partial charge in [0.1, 0.15) is 0 Å². The monoisotopic (exact) mass is 404 g/mol. The average molecular weight is 405 g/mol. The first-order valence-electron chi connectivity index (χ1n) is 8.37. The van der Waals surface area contributed by atoms with Gasteiger partial charge < -0.3 is 5.32 Å². The van der Waals surface area contributed by atoms with Gasteiger partial charge in [0, 0.05) is 32.2 Å². The Kier molecular flexibility index (Phi) is 8.23. The lowest BCUT2D eigenvalue weighted by Crippen LogP contribution is -2.45. The van der Waals surface area contributed by atoms with Gasteiger partial charge in [0.2, 0.25) is 0 Å². The molecule has 0 bridgehead atoms. The maximum Gasteiger partial charge on any atom is 0.416 e. The molecule has 0 unspecified atom stereocenters. The number of halogens is 7. The molecule has 1 atom stereocenters. The summed E-state index contributed by atoms with van der Waals surface area (Å²) in [7, 11) is 0. The minimum absolute atomic E-state index is 0. The van der Waals surface area contributed by atoms with Crippen LogP contribution in [-0.4, -0.2) is 31.1 Å². The van der Waals surface area contributed by atoms with Gasteiger partial charge in [0.25, 0.3) is 0 Å². The molecule has 26 heavy (non-hydrogen) atoms. The van der Waals surface area contributed by atoms with E-state index in [-0.39, 0.29) is 18.0 Å². The maximum absolute atomic E-state index is 13.4. The van der Waals surface area contributed by atoms with Crippen LogP contribution in [0.15, 0.2) is 18.2 Å². The predicted molar refractivity (Wildman–Crippen MR) is 90.4 cm³/mol. The highest BCUT2D eigenvalue weighted by Gasteiger charge is 2.39. The lowest BCUT2D eigenvalue weighted by Gasteiger charge is -2.36. The lowest BCUT2D eigenvalue weighted by atomic mass is 9.92. The van der Waals surface area contributed by atoms with Gasteiger partial charge in [-0.3, -0.25) is 4.90 Å². The third-order valence-corrected chi connectivity index (χ3v) is 4.47. The summed E-state index contributed by atoms with van der Waals surface area (Å²) in [5.41, 5.74) is -2.27. The highest BCUT2D eigenvalue weighted by atomic mass is 35.5. The first-order valence-corrected chi connectivity index (χ1v) is 8.37. The molecular formula is C17H23ClF6N2. The van der Waals surface area contributed by atoms with Crippen molar-refractivity contribution in [2.75, 3.05) is 26.2 Å². The summed E-state index contributed by atoms with van der Waals surface area (Å²) in [6, 6.07) is 1.10. The number of alkyl halides is 6. The average Bonchev–Trinajstić information content (AvgIpc) is 2.54. The number of nitrogens with one attached hydrogen (secondary N) is 1. The number of hydrogen-bond donors (Lipinski definition) is 1. The first-order chi connectivity index (χ1) is 11.6. The molecule has 9 heteroatoms. The van der Waals surface area contributed by atoms with Crippen LogP contribution in [0.2, 0.25) is 0 Å². The number of rotatable bonds is 5. The van der Waals surface area contributed by atoms with E-state index in [1.807, 2.05) is 11.8 Å². The highest BCUT2D eigenvalue weighted by molar-refractivity contribution is 5.85. The molecule has 1 aliphatic rings. The molecule has 1 aromatic carbocycles. The SMILES string of the molecule is CCCC[C@@H](c1cc(C(F)(F)F)ccc1C(F)(F)F)N1CCNCC1.Cl. The molecule has 150 valence electrons. The van der Waals surface area contributed by atoms with E-state index in [0.29, 0.717) is 57.2 Å². The van der Waals surface area contributed by atoms with Gasteiger partial charge in [-0.05, 0) is 30.2 Å². The molecule has 0 spiro atoms. The molecule has 0 amide bonds. The molecule has 2 nitrogen and oxygen atoms in total. The summed E-state index contributed by atoms with van der Waals surface area (Å²) in [5.74, 6) is 0. The van der Waals surface area contributed by atoms with E-state index in [1.54, 1.807) is 0 Å². The fourth-order valence-electron chi connectivity index (χ4n) is 3.20. The van der Waals surface area contributed by atoms with Gasteiger partial charge >= 0.3 is 12.4 Å². The van der Waals surface area contributed by atoms with Crippen LogP contribution in [0.5, 0.6) is 0 Å². The lowest BCUT2D eigenvalue weighted by molar-refractivity contribution is -0.142. The van der Waals surface area contributed by atoms with Gasteiger partial charge in [-0.1, -0.05) is 19.8 Å². The summed E-state index contributed by atoms with van der Waals surface area (Å²) < 4.78 is 79.4. The van der Waals surface area contributed by atoms with E-state index in [0.717, 1.165) is 6.42 Å². The van der Waals surface area contributed by atoms with Crippen molar-refractivity contribution in [1.29, 1.82) is 0 Å². The number of piperazine rings is 1. The molecule has 1 heterocycles. The van der Waals surface area contributed by atoms with E-state index >= 15 is 0 Å². The molecule has 2 rings (SSSR count). The van der Waals surface area contributed by atoms with Gasteiger partial charge in [0.15, 0.2) is 0 Å². The smallest absolute Gasteiger partial charge is 0.314 e. The summed E-state index contributed by atoms with van der Waals surface area (Å²) in [4.78, 5) is 1.86. The largest absolute Gasteiger partial charge is 0.416 e. The molecule has 0 radical (unpaired) electrons. The van der Waals surface area contributed by atoms with Crippen LogP contribution in [-0.2, 0) is 12.4 Å². The van der Waals surface area contributed by atoms with E-state index in [2.05, 4.69) is 5.32 Å². The van der Waals surface area contributed by atoms with E-state index < -0.39 is 29.5 Å². The molecule has 0 aliphatic carbocycles. The summed E-state index contributed by atoms with van der Waals surface area (Å²) in [6.45, 7) is 4.17. The molecule has 1 aromatic rings. The summed E-state index contributed by atoms with van der Waals surface area (Å²) in [5, 5.41) is 3.11. The zero-order chi connectivity index (χ0) is 18.7. The molecular weight excluding hydrogens is 382 g/mol. The Morgan fingerprint density at radius 1 is 1.04 bits per heavy atom. The number of hydrogen-bond acceptors (Lipinski definition) is 2. The number of nitrogens with zero attached hydrogens (tertiary/aromatic N) is 1. The van der Waals surface area contributed by atoms with Crippen LogP contribution in [0, 0.1) is 0 Å². The Morgan fingerprint density at radius 2 is 1.65 bits per heavy atom. The highest BCUT2D eigenvalue weighted by Crippen LogP contribution is 2.41. The van der Waals surface area contributed by atoms with Crippen LogP contribution in [0.25, 0.3) is 0 Å². The Balaban J connectivity index is 0.00000338. The van der Waals surface area contributed by atoms with Crippen molar-refractivity contribution in [1.82, 2.24) is 10.2 Å². The summed E-state index contributed by atoms with van der Waals surface area (Å²) >= 11 is 0. The van der Waals surface area contributed by atoms with Crippen molar-refractivity contribution in [2.45, 2.75) is 44.6 Å². The minimum atomic E-state index is -4.68. The molecule has 1 saturated heterocycles. The molecule has 1 fully saturated rings. The van der Waals surface area contributed by atoms with E-state index in [9.17, 15) is 26.3 Å². The maximum atomic E-state index is 13.4. The third kappa shape index (κ3) is 5.76. The number of unbranched alkanes of at least 4 members (excludes halogenated alkanes) is 1. The fraction of sp³-hybridized carbons (Fsp3) is 0.647. The zero-order valence-electron chi connectivity index (χ0n) is 14.4. The van der Waals surface area contributed by atoms with Gasteiger partial charge in [0.05, 0.1) is 11.1 Å². The van der Waals surface area contributed by atoms with E-state index in [1.165, 1.54) is 0 Å². The van der Waals surface area contributed by atoms with Crippen LogP contribution in [0.4, 0.5) is 26.3 Å². The second kappa shape index (κ2) is 9.28. The second-order valence-corrected chi connectivity index (χ2v) is 6.24. The van der Waals surface area contributed by atoms with Crippen LogP contribution in [0.1, 0.15) is 48.9 Å². The molecule has 0 saturated carbocycles. The molecule has 1 aliphatic heterocycles. The Labute approximate surface area is 155 Å². The topological polar surface area (TPSA) is 15.3 Å². The van der Waals surface area contributed by atoms with Crippen LogP contribution < -0.4 is 5.32 Å². The first kappa shape index (κ1) is 23.0. The fourth-order valence-corrected chi connectivity index (χ4v) is 3.20. The Morgan fingerprint density at radius 3 is 2.15 bits per heavy atom. The predicted octanol–water partition coefficient (Wildman–Crippen LogP) is 5.28. The zero-order valence-corrected chi connectivity index (χ0v) is 15.2. The number of benzene rings is 1. The Hall–Kier alpha value is -0.990. The Bertz CT molecular complexity index is 567. The van der Waals surface area contributed by atoms with Crippen molar-refractivity contribution >= 4 is 12.4 Å². The third-order valence-electron chi connectivity index (χ3n) is 4.47. The molecule has 1 N–H and O–H groups in total. The quantitative estimate of drug-likeness (QED) is 0.671. The second-order valence-electron chi connectivity index (χ2n) is 6.24. The van der Waals surface area contributed by atoms with Crippen molar-refractivity contribution in [2.24, 2.45) is 0 Å². The van der Waals surface area contributed by atoms with Gasteiger partial charge in [-0.2, -0.15) is 26.3 Å². The normalized spacial score (nSPS) is 17.7. The minimum Gasteiger partial charge on any atom is -0.314 e. The van der Waals surface area contributed by atoms with Gasteiger partial charge in [-0.25, -0.2) is 0 Å². The van der Waals surface area contributed by atoms with Crippen molar-refractivity contribution < 1.29 is 26.3 Å².